The highest BCUT2D eigenvalue weighted by Crippen LogP contribution is 2.25. The second-order valence-electron chi connectivity index (χ2n) is 8.04. The zero-order chi connectivity index (χ0) is 24.0. The molecule has 1 fully saturated rings. The Kier molecular flexibility index (Phi) is 8.41. The molecule has 1 amide bonds. The monoisotopic (exact) mass is 476 g/mol. The number of ether oxygens (including phenoxy) is 1. The summed E-state index contributed by atoms with van der Waals surface area (Å²) in [7, 11) is 0. The molecule has 1 aliphatic rings. The summed E-state index contributed by atoms with van der Waals surface area (Å²) in [4.78, 5) is 39.9. The van der Waals surface area contributed by atoms with Crippen LogP contribution in [0, 0.1) is 5.82 Å². The highest BCUT2D eigenvalue weighted by Gasteiger charge is 2.28. The lowest BCUT2D eigenvalue weighted by Crippen LogP contribution is -2.54. The number of benzene rings is 2. The van der Waals surface area contributed by atoms with E-state index in [9.17, 15) is 18.8 Å². The van der Waals surface area contributed by atoms with Gasteiger partial charge < -0.3 is 14.7 Å². The molecular weight excluding hydrogens is 451 g/mol. The number of Topliss-reactive ketones (excluding diaryl/α,β-unsaturated/α-hetero) is 1. The summed E-state index contributed by atoms with van der Waals surface area (Å²) in [5.41, 5.74) is 1.17. The smallest absolute Gasteiger partial charge is 0.303 e. The van der Waals surface area contributed by atoms with Crippen molar-refractivity contribution in [2.75, 3.05) is 26.2 Å². The third-order valence-corrected chi connectivity index (χ3v) is 5.75. The van der Waals surface area contributed by atoms with Crippen molar-refractivity contribution in [3.8, 4) is 5.75 Å². The molecule has 1 heterocycles. The van der Waals surface area contributed by atoms with Crippen molar-refractivity contribution in [3.63, 3.8) is 0 Å². The van der Waals surface area contributed by atoms with Crippen LogP contribution in [0.2, 0.25) is 5.02 Å². The molecule has 0 aromatic heterocycles. The van der Waals surface area contributed by atoms with Crippen LogP contribution >= 0.6 is 11.6 Å². The second kappa shape index (κ2) is 11.2. The number of halogens is 2. The normalized spacial score (nSPS) is 16.5. The first-order chi connectivity index (χ1) is 15.7. The van der Waals surface area contributed by atoms with Crippen molar-refractivity contribution in [2.45, 2.75) is 32.4 Å². The zero-order valence-electron chi connectivity index (χ0n) is 18.3. The summed E-state index contributed by atoms with van der Waals surface area (Å²) in [6.07, 6.45) is -0.490. The Balaban J connectivity index is 1.56. The topological polar surface area (TPSA) is 87.2 Å². The standard InChI is InChI=1S/C24H26ClFN2O5/c1-16-13-27(14-17-2-5-19(26)6-3-17)10-11-28(16)23(30)15-33-22-8-4-18(25)12-20(22)21(29)7-9-24(31)32/h2-6,8,12,16H,7,9-11,13-15H2,1H3,(H,31,32). The number of amides is 1. The first-order valence-electron chi connectivity index (χ1n) is 10.7. The van der Waals surface area contributed by atoms with Gasteiger partial charge in [-0.2, -0.15) is 0 Å². The number of aliphatic carboxylic acids is 1. The fourth-order valence-electron chi connectivity index (χ4n) is 3.82. The molecule has 0 bridgehead atoms. The molecular formula is C24H26ClFN2O5. The van der Waals surface area contributed by atoms with Gasteiger partial charge >= 0.3 is 5.97 Å². The molecule has 0 aliphatic carbocycles. The van der Waals surface area contributed by atoms with E-state index in [1.165, 1.54) is 24.3 Å². The highest BCUT2D eigenvalue weighted by atomic mass is 35.5. The molecule has 0 spiro atoms. The van der Waals surface area contributed by atoms with E-state index in [0.717, 1.165) is 5.56 Å². The molecule has 33 heavy (non-hydrogen) atoms. The Bertz CT molecular complexity index is 1010. The van der Waals surface area contributed by atoms with E-state index < -0.39 is 11.8 Å². The summed E-state index contributed by atoms with van der Waals surface area (Å²) in [5.74, 6) is -1.76. The minimum absolute atomic E-state index is 0.0443. The molecule has 7 nitrogen and oxygen atoms in total. The summed E-state index contributed by atoms with van der Waals surface area (Å²) in [5, 5.41) is 9.13. The Morgan fingerprint density at radius 3 is 2.52 bits per heavy atom. The molecule has 1 N–H and O–H groups in total. The van der Waals surface area contributed by atoms with Crippen molar-refractivity contribution in [3.05, 3.63) is 64.4 Å². The predicted molar refractivity (Wildman–Crippen MR) is 121 cm³/mol. The van der Waals surface area contributed by atoms with Gasteiger partial charge in [0.25, 0.3) is 5.91 Å². The van der Waals surface area contributed by atoms with Crippen LogP contribution in [-0.4, -0.2) is 64.8 Å². The van der Waals surface area contributed by atoms with Gasteiger partial charge in [0.05, 0.1) is 12.0 Å². The van der Waals surface area contributed by atoms with Gasteiger partial charge in [0, 0.05) is 43.7 Å². The van der Waals surface area contributed by atoms with Crippen molar-refractivity contribution >= 4 is 29.3 Å². The van der Waals surface area contributed by atoms with Gasteiger partial charge in [-0.1, -0.05) is 23.7 Å². The minimum Gasteiger partial charge on any atom is -0.483 e. The van der Waals surface area contributed by atoms with E-state index in [-0.39, 0.29) is 48.5 Å². The van der Waals surface area contributed by atoms with Crippen LogP contribution in [0.3, 0.4) is 0 Å². The van der Waals surface area contributed by atoms with Gasteiger partial charge in [0.15, 0.2) is 12.4 Å². The number of carboxylic acid groups (broad SMARTS) is 1. The second-order valence-corrected chi connectivity index (χ2v) is 8.48. The maximum absolute atomic E-state index is 13.1. The van der Waals surface area contributed by atoms with Gasteiger partial charge in [-0.25, -0.2) is 4.39 Å². The summed E-state index contributed by atoms with van der Waals surface area (Å²) in [6, 6.07) is 10.8. The van der Waals surface area contributed by atoms with E-state index in [1.54, 1.807) is 23.1 Å². The number of carbonyl (C=O) groups excluding carboxylic acids is 2. The summed E-state index contributed by atoms with van der Waals surface area (Å²) < 4.78 is 18.8. The van der Waals surface area contributed by atoms with Crippen molar-refractivity contribution < 1.29 is 28.6 Å². The minimum atomic E-state index is -1.07. The van der Waals surface area contributed by atoms with E-state index in [4.69, 9.17) is 21.4 Å². The lowest BCUT2D eigenvalue weighted by atomic mass is 10.1. The maximum atomic E-state index is 13.1. The van der Waals surface area contributed by atoms with E-state index in [0.29, 0.717) is 31.2 Å². The summed E-state index contributed by atoms with van der Waals surface area (Å²) in [6.45, 7) is 4.25. The Morgan fingerprint density at radius 1 is 1.12 bits per heavy atom. The highest BCUT2D eigenvalue weighted by molar-refractivity contribution is 6.31. The number of ketones is 1. The molecule has 1 saturated heterocycles. The molecule has 1 unspecified atom stereocenters. The first-order valence-corrected chi connectivity index (χ1v) is 11.0. The van der Waals surface area contributed by atoms with Crippen LogP contribution in [0.4, 0.5) is 4.39 Å². The SMILES string of the molecule is CC1CN(Cc2ccc(F)cc2)CCN1C(=O)COc1ccc(Cl)cc1C(=O)CCC(=O)O. The lowest BCUT2D eigenvalue weighted by Gasteiger charge is -2.39. The molecule has 0 saturated carbocycles. The number of hydrogen-bond donors (Lipinski definition) is 1. The average Bonchev–Trinajstić information content (AvgIpc) is 2.78. The Morgan fingerprint density at radius 2 is 1.85 bits per heavy atom. The third kappa shape index (κ3) is 7.00. The predicted octanol–water partition coefficient (Wildman–Crippen LogP) is 3.64. The van der Waals surface area contributed by atoms with Crippen molar-refractivity contribution in [2.24, 2.45) is 0 Å². The number of carbonyl (C=O) groups is 3. The van der Waals surface area contributed by atoms with Crippen LogP contribution < -0.4 is 4.74 Å². The van der Waals surface area contributed by atoms with Crippen LogP contribution in [-0.2, 0) is 16.1 Å². The largest absolute Gasteiger partial charge is 0.483 e. The molecule has 2 aromatic carbocycles. The van der Waals surface area contributed by atoms with Crippen molar-refractivity contribution in [1.82, 2.24) is 9.80 Å². The fraction of sp³-hybridized carbons (Fsp3) is 0.375. The average molecular weight is 477 g/mol. The number of rotatable bonds is 9. The molecule has 2 aromatic rings. The van der Waals surface area contributed by atoms with Crippen LogP contribution in [0.15, 0.2) is 42.5 Å². The molecule has 3 rings (SSSR count). The number of piperazine rings is 1. The Hall–Kier alpha value is -2.97. The van der Waals surface area contributed by atoms with Crippen LogP contribution in [0.1, 0.15) is 35.7 Å². The van der Waals surface area contributed by atoms with Gasteiger partial charge in [-0.3, -0.25) is 19.3 Å². The van der Waals surface area contributed by atoms with E-state index >= 15 is 0 Å². The summed E-state index contributed by atoms with van der Waals surface area (Å²) >= 11 is 5.98. The molecule has 0 radical (unpaired) electrons. The van der Waals surface area contributed by atoms with Crippen LogP contribution in [0.25, 0.3) is 0 Å². The third-order valence-electron chi connectivity index (χ3n) is 5.51. The van der Waals surface area contributed by atoms with E-state index in [2.05, 4.69) is 4.90 Å². The molecule has 9 heteroatoms. The van der Waals surface area contributed by atoms with Gasteiger partial charge in [-0.05, 0) is 42.8 Å². The molecule has 1 aliphatic heterocycles. The van der Waals surface area contributed by atoms with Crippen LogP contribution in [0.5, 0.6) is 5.75 Å². The Labute approximate surface area is 196 Å². The maximum Gasteiger partial charge on any atom is 0.303 e. The van der Waals surface area contributed by atoms with Crippen molar-refractivity contribution in [1.29, 1.82) is 0 Å². The fourth-order valence-corrected chi connectivity index (χ4v) is 3.99. The number of nitrogens with zero attached hydrogens (tertiary/aromatic N) is 2. The molecule has 176 valence electrons. The lowest BCUT2D eigenvalue weighted by molar-refractivity contribution is -0.138. The first kappa shape index (κ1) is 24.7. The quantitative estimate of drug-likeness (QED) is 0.556. The molecule has 1 atom stereocenters. The van der Waals surface area contributed by atoms with E-state index in [1.807, 2.05) is 6.92 Å². The number of carboxylic acids is 1. The zero-order valence-corrected chi connectivity index (χ0v) is 19.1. The van der Waals surface area contributed by atoms with Gasteiger partial charge in [0.1, 0.15) is 11.6 Å². The number of hydrogen-bond acceptors (Lipinski definition) is 5. The van der Waals surface area contributed by atoms with Gasteiger partial charge in [-0.15, -0.1) is 0 Å². The van der Waals surface area contributed by atoms with Gasteiger partial charge in [0.2, 0.25) is 0 Å².